The molecule has 1 aromatic heterocycles. The number of aromatic amines is 1. The second-order valence-corrected chi connectivity index (χ2v) is 3.54. The highest BCUT2D eigenvalue weighted by Crippen LogP contribution is 2.36. The smallest absolute Gasteiger partial charge is 0.119 e. The molecule has 76 valence electrons. The Labute approximate surface area is 87.3 Å². The molecule has 0 saturated carbocycles. The van der Waals surface area contributed by atoms with Crippen LogP contribution in [0.1, 0.15) is 5.56 Å². The van der Waals surface area contributed by atoms with Crippen LogP contribution in [0.5, 0.6) is 5.75 Å². The molecule has 4 nitrogen and oxygen atoms in total. The highest BCUT2D eigenvalue weighted by Gasteiger charge is 2.17. The van der Waals surface area contributed by atoms with E-state index in [9.17, 15) is 0 Å². The summed E-state index contributed by atoms with van der Waals surface area (Å²) < 4.78 is 5.21. The molecule has 0 unspecified atom stereocenters. The number of methoxy groups -OCH3 is 1. The topological polar surface area (TPSA) is 49.9 Å². The van der Waals surface area contributed by atoms with E-state index in [4.69, 9.17) is 4.74 Å². The number of benzene rings is 1. The number of ether oxygens (including phenoxy) is 1. The highest BCUT2D eigenvalue weighted by molar-refractivity contribution is 5.81. The lowest BCUT2D eigenvalue weighted by molar-refractivity contribution is 0.415. The minimum Gasteiger partial charge on any atom is -0.497 e. The molecule has 15 heavy (non-hydrogen) atoms. The largest absolute Gasteiger partial charge is 0.497 e. The summed E-state index contributed by atoms with van der Waals surface area (Å²) in [6.07, 6.45) is 1.85. The van der Waals surface area contributed by atoms with Crippen LogP contribution in [0.4, 0.5) is 5.69 Å². The molecule has 0 saturated heterocycles. The van der Waals surface area contributed by atoms with Crippen LogP contribution >= 0.6 is 0 Å². The molecule has 0 radical (unpaired) electrons. The zero-order chi connectivity index (χ0) is 10.3. The summed E-state index contributed by atoms with van der Waals surface area (Å²) in [5.74, 6) is 0.859. The van der Waals surface area contributed by atoms with Crippen molar-refractivity contribution in [2.24, 2.45) is 0 Å². The molecule has 0 fully saturated rings. The van der Waals surface area contributed by atoms with Gasteiger partial charge < -0.3 is 10.1 Å². The van der Waals surface area contributed by atoms with E-state index in [1.54, 1.807) is 7.11 Å². The SMILES string of the molecule is COc1ccc2c(c1)-c1[nH]ncc1CN2. The maximum atomic E-state index is 5.21. The van der Waals surface area contributed by atoms with Gasteiger partial charge in [-0.3, -0.25) is 5.10 Å². The van der Waals surface area contributed by atoms with Gasteiger partial charge in [-0.05, 0) is 18.2 Å². The van der Waals surface area contributed by atoms with E-state index < -0.39 is 0 Å². The summed E-state index contributed by atoms with van der Waals surface area (Å²) in [7, 11) is 1.67. The van der Waals surface area contributed by atoms with Gasteiger partial charge >= 0.3 is 0 Å². The van der Waals surface area contributed by atoms with Crippen LogP contribution in [0.25, 0.3) is 11.3 Å². The zero-order valence-corrected chi connectivity index (χ0v) is 8.37. The quantitative estimate of drug-likeness (QED) is 0.742. The minimum atomic E-state index is 0.825. The first-order chi connectivity index (χ1) is 7.38. The molecular formula is C11H11N3O. The van der Waals surface area contributed by atoms with Crippen LogP contribution in [0.15, 0.2) is 24.4 Å². The Hall–Kier alpha value is -1.97. The lowest BCUT2D eigenvalue weighted by Crippen LogP contribution is -2.07. The van der Waals surface area contributed by atoms with Gasteiger partial charge in [0.15, 0.2) is 0 Å². The van der Waals surface area contributed by atoms with Crippen molar-refractivity contribution in [3.05, 3.63) is 30.0 Å². The molecular weight excluding hydrogens is 190 g/mol. The third kappa shape index (κ3) is 1.18. The highest BCUT2D eigenvalue weighted by atomic mass is 16.5. The van der Waals surface area contributed by atoms with Gasteiger partial charge in [0.1, 0.15) is 5.75 Å². The van der Waals surface area contributed by atoms with Gasteiger partial charge in [-0.1, -0.05) is 0 Å². The van der Waals surface area contributed by atoms with Gasteiger partial charge in [-0.2, -0.15) is 5.10 Å². The van der Waals surface area contributed by atoms with E-state index in [0.29, 0.717) is 0 Å². The molecule has 4 heteroatoms. The minimum absolute atomic E-state index is 0.825. The van der Waals surface area contributed by atoms with E-state index in [-0.39, 0.29) is 0 Å². The molecule has 3 rings (SSSR count). The Balaban J connectivity index is 2.21. The average Bonchev–Trinajstić information content (AvgIpc) is 2.76. The number of anilines is 1. The summed E-state index contributed by atoms with van der Waals surface area (Å²) in [5.41, 5.74) is 4.51. The molecule has 1 aliphatic heterocycles. The van der Waals surface area contributed by atoms with Crippen molar-refractivity contribution in [1.29, 1.82) is 0 Å². The van der Waals surface area contributed by atoms with E-state index in [1.165, 1.54) is 5.56 Å². The number of hydrogen-bond donors (Lipinski definition) is 2. The van der Waals surface area contributed by atoms with E-state index in [0.717, 1.165) is 29.2 Å². The molecule has 0 aliphatic carbocycles. The Morgan fingerprint density at radius 1 is 1.40 bits per heavy atom. The Morgan fingerprint density at radius 3 is 3.20 bits per heavy atom. The number of nitrogens with one attached hydrogen (secondary N) is 2. The van der Waals surface area contributed by atoms with E-state index in [1.807, 2.05) is 24.4 Å². The second kappa shape index (κ2) is 3.02. The Bertz CT molecular complexity index is 504. The van der Waals surface area contributed by atoms with Crippen LogP contribution in [0.3, 0.4) is 0 Å². The summed E-state index contributed by atoms with van der Waals surface area (Å²) in [5, 5.41) is 10.4. The van der Waals surface area contributed by atoms with Crippen molar-refractivity contribution in [1.82, 2.24) is 10.2 Å². The monoisotopic (exact) mass is 201 g/mol. The normalized spacial score (nSPS) is 12.6. The molecule has 1 aliphatic rings. The maximum absolute atomic E-state index is 5.21. The van der Waals surface area contributed by atoms with Crippen molar-refractivity contribution in [2.45, 2.75) is 6.54 Å². The predicted molar refractivity (Wildman–Crippen MR) is 57.9 cm³/mol. The average molecular weight is 201 g/mol. The van der Waals surface area contributed by atoms with Crippen LogP contribution in [0.2, 0.25) is 0 Å². The fourth-order valence-electron chi connectivity index (χ4n) is 1.88. The molecule has 0 spiro atoms. The zero-order valence-electron chi connectivity index (χ0n) is 8.37. The molecule has 2 aromatic rings. The van der Waals surface area contributed by atoms with Crippen molar-refractivity contribution < 1.29 is 4.74 Å². The lowest BCUT2D eigenvalue weighted by Gasteiger charge is -2.18. The van der Waals surface area contributed by atoms with Gasteiger partial charge in [0, 0.05) is 23.4 Å². The van der Waals surface area contributed by atoms with Crippen molar-refractivity contribution in [3.63, 3.8) is 0 Å². The summed E-state index contributed by atoms with van der Waals surface area (Å²) >= 11 is 0. The Kier molecular flexibility index (Phi) is 1.68. The van der Waals surface area contributed by atoms with Crippen molar-refractivity contribution >= 4 is 5.69 Å². The summed E-state index contributed by atoms with van der Waals surface area (Å²) in [6, 6.07) is 5.99. The fraction of sp³-hybridized carbons (Fsp3) is 0.182. The van der Waals surface area contributed by atoms with Gasteiger partial charge in [0.2, 0.25) is 0 Å². The third-order valence-corrected chi connectivity index (χ3v) is 2.68. The van der Waals surface area contributed by atoms with Gasteiger partial charge in [0.05, 0.1) is 19.0 Å². The maximum Gasteiger partial charge on any atom is 0.119 e. The first-order valence-corrected chi connectivity index (χ1v) is 4.83. The molecule has 0 atom stereocenters. The fourth-order valence-corrected chi connectivity index (χ4v) is 1.88. The summed E-state index contributed by atoms with van der Waals surface area (Å²) in [6.45, 7) is 0.825. The molecule has 0 bridgehead atoms. The predicted octanol–water partition coefficient (Wildman–Crippen LogP) is 2.01. The lowest BCUT2D eigenvalue weighted by atomic mass is 10.0. The van der Waals surface area contributed by atoms with Crippen LogP contribution in [0, 0.1) is 0 Å². The number of hydrogen-bond acceptors (Lipinski definition) is 3. The number of nitrogens with zero attached hydrogens (tertiary/aromatic N) is 1. The first kappa shape index (κ1) is 8.35. The van der Waals surface area contributed by atoms with Gasteiger partial charge in [0.25, 0.3) is 0 Å². The molecule has 1 aromatic carbocycles. The second-order valence-electron chi connectivity index (χ2n) is 3.54. The van der Waals surface area contributed by atoms with Crippen LogP contribution < -0.4 is 10.1 Å². The Morgan fingerprint density at radius 2 is 2.33 bits per heavy atom. The van der Waals surface area contributed by atoms with Crippen molar-refractivity contribution in [3.8, 4) is 17.0 Å². The van der Waals surface area contributed by atoms with Crippen LogP contribution in [-0.2, 0) is 6.54 Å². The van der Waals surface area contributed by atoms with Gasteiger partial charge in [-0.25, -0.2) is 0 Å². The van der Waals surface area contributed by atoms with E-state index >= 15 is 0 Å². The first-order valence-electron chi connectivity index (χ1n) is 4.83. The number of H-pyrrole nitrogens is 1. The number of fused-ring (bicyclic) bond motifs is 3. The van der Waals surface area contributed by atoms with Gasteiger partial charge in [-0.15, -0.1) is 0 Å². The third-order valence-electron chi connectivity index (χ3n) is 2.68. The molecule has 2 N–H and O–H groups in total. The van der Waals surface area contributed by atoms with Crippen molar-refractivity contribution in [2.75, 3.05) is 12.4 Å². The van der Waals surface area contributed by atoms with E-state index in [2.05, 4.69) is 15.5 Å². The van der Waals surface area contributed by atoms with Crippen LogP contribution in [-0.4, -0.2) is 17.3 Å². The summed E-state index contributed by atoms with van der Waals surface area (Å²) in [4.78, 5) is 0. The number of aromatic nitrogens is 2. The standard InChI is InChI=1S/C11H11N3O/c1-15-8-2-3-10-9(4-8)11-7(5-12-10)6-13-14-11/h2-4,6,12H,5H2,1H3,(H,13,14). The number of rotatable bonds is 1. The molecule has 2 heterocycles. The molecule has 0 amide bonds.